The van der Waals surface area contributed by atoms with E-state index in [1.807, 2.05) is 0 Å². The Kier molecular flexibility index (Phi) is 5.60. The topological polar surface area (TPSA) is 98.9 Å². The molecule has 0 spiro atoms. The maximum Gasteiger partial charge on any atom is 0.350 e. The van der Waals surface area contributed by atoms with Gasteiger partial charge in [0.05, 0.1) is 36.4 Å². The molecule has 0 fully saturated rings. The van der Waals surface area contributed by atoms with E-state index in [1.54, 1.807) is 38.1 Å². The fraction of sp³-hybridized carbons (Fsp3) is 0.200. The van der Waals surface area contributed by atoms with Crippen molar-refractivity contribution in [2.45, 2.75) is 19.9 Å². The highest BCUT2D eigenvalue weighted by molar-refractivity contribution is 7.17. The van der Waals surface area contributed by atoms with E-state index in [-0.39, 0.29) is 38.9 Å². The highest BCUT2D eigenvalue weighted by Crippen LogP contribution is 2.43. The monoisotopic (exact) mass is 494 g/mol. The normalized spacial score (nSPS) is 14.9. The van der Waals surface area contributed by atoms with Gasteiger partial charge in [0.25, 0.3) is 5.91 Å². The van der Waals surface area contributed by atoms with Crippen LogP contribution in [0.15, 0.2) is 51.7 Å². The Bertz CT molecular complexity index is 1560. The van der Waals surface area contributed by atoms with Crippen molar-refractivity contribution in [3.63, 3.8) is 0 Å². The molecular weight excluding hydrogens is 475 g/mol. The lowest BCUT2D eigenvalue weighted by Gasteiger charge is -2.22. The molecule has 0 aliphatic carbocycles. The van der Waals surface area contributed by atoms with Gasteiger partial charge in [-0.2, -0.15) is 0 Å². The summed E-state index contributed by atoms with van der Waals surface area (Å²) in [7, 11) is 1.51. The maximum atomic E-state index is 14.0. The summed E-state index contributed by atoms with van der Waals surface area (Å²) in [5, 5.41) is 0.221. The van der Waals surface area contributed by atoms with E-state index in [0.717, 1.165) is 23.5 Å². The molecule has 2 aromatic carbocycles. The number of amides is 1. The minimum absolute atomic E-state index is 0.0221. The minimum atomic E-state index is -0.933. The average molecular weight is 495 g/mol. The van der Waals surface area contributed by atoms with Gasteiger partial charge in [0, 0.05) is 0 Å². The molecule has 4 aromatic rings. The van der Waals surface area contributed by atoms with Crippen LogP contribution >= 0.6 is 11.3 Å². The van der Waals surface area contributed by atoms with E-state index in [2.05, 4.69) is 4.98 Å². The van der Waals surface area contributed by atoms with Crippen LogP contribution in [0.1, 0.15) is 50.0 Å². The van der Waals surface area contributed by atoms with Crippen molar-refractivity contribution >= 4 is 39.3 Å². The number of fused-ring (bicyclic) bond motifs is 2. The van der Waals surface area contributed by atoms with E-state index in [9.17, 15) is 18.8 Å². The Hall–Kier alpha value is -4.05. The van der Waals surface area contributed by atoms with Gasteiger partial charge in [0.15, 0.2) is 10.6 Å². The lowest BCUT2D eigenvalue weighted by Crippen LogP contribution is -2.29. The largest absolute Gasteiger partial charge is 0.497 e. The summed E-state index contributed by atoms with van der Waals surface area (Å²) in [6.45, 7) is 3.52. The zero-order valence-electron chi connectivity index (χ0n) is 19.0. The molecule has 0 saturated carbocycles. The van der Waals surface area contributed by atoms with Crippen LogP contribution in [0.4, 0.5) is 9.52 Å². The van der Waals surface area contributed by atoms with Crippen LogP contribution < -0.4 is 15.1 Å². The molecule has 1 aliphatic rings. The first kappa shape index (κ1) is 22.7. The van der Waals surface area contributed by atoms with Crippen molar-refractivity contribution in [1.82, 2.24) is 4.98 Å². The Labute approximate surface area is 202 Å². The molecule has 5 rings (SSSR count). The van der Waals surface area contributed by atoms with Gasteiger partial charge in [0.1, 0.15) is 22.0 Å². The van der Waals surface area contributed by atoms with Crippen molar-refractivity contribution in [1.29, 1.82) is 0 Å². The minimum Gasteiger partial charge on any atom is -0.497 e. The predicted octanol–water partition coefficient (Wildman–Crippen LogP) is 4.63. The van der Waals surface area contributed by atoms with Crippen molar-refractivity contribution in [2.75, 3.05) is 18.6 Å². The number of ether oxygens (including phenoxy) is 2. The summed E-state index contributed by atoms with van der Waals surface area (Å²) in [6, 6.07) is 9.53. The van der Waals surface area contributed by atoms with Crippen LogP contribution in [-0.4, -0.2) is 30.6 Å². The van der Waals surface area contributed by atoms with Gasteiger partial charge in [-0.15, -0.1) is 0 Å². The van der Waals surface area contributed by atoms with E-state index < -0.39 is 29.2 Å². The first-order valence-corrected chi connectivity index (χ1v) is 11.5. The lowest BCUT2D eigenvalue weighted by atomic mass is 9.98. The molecule has 178 valence electrons. The maximum absolute atomic E-state index is 14.0. The Balaban J connectivity index is 1.76. The number of anilines is 1. The summed E-state index contributed by atoms with van der Waals surface area (Å²) in [4.78, 5) is 45.6. The molecule has 0 saturated heterocycles. The number of carbonyl (C=O) groups is 2. The number of rotatable bonds is 5. The van der Waals surface area contributed by atoms with Crippen molar-refractivity contribution in [3.05, 3.63) is 86.0 Å². The number of hydrogen-bond acceptors (Lipinski definition) is 8. The molecule has 0 N–H and O–H groups in total. The summed E-state index contributed by atoms with van der Waals surface area (Å²) in [5.74, 6) is -1.39. The SMILES string of the molecule is CCOC(=O)c1sc(N2C(=O)c3oc4ccc(F)cc4c(=O)c3C2c2cccc(OC)c2)nc1C. The summed E-state index contributed by atoms with van der Waals surface area (Å²) < 4.78 is 30.2. The molecule has 1 amide bonds. The number of esters is 1. The number of nitrogens with zero attached hydrogens (tertiary/aromatic N) is 2. The second kappa shape index (κ2) is 8.62. The van der Waals surface area contributed by atoms with Gasteiger partial charge in [-0.1, -0.05) is 23.5 Å². The number of carbonyl (C=O) groups excluding carboxylic acids is 2. The number of methoxy groups -OCH3 is 1. The van der Waals surface area contributed by atoms with Crippen LogP contribution in [0.25, 0.3) is 11.0 Å². The molecule has 1 atom stereocenters. The molecule has 3 heterocycles. The number of aryl methyl sites for hydroxylation is 1. The second-order valence-corrected chi connectivity index (χ2v) is 8.78. The van der Waals surface area contributed by atoms with Crippen molar-refractivity contribution in [2.24, 2.45) is 0 Å². The molecule has 2 aromatic heterocycles. The van der Waals surface area contributed by atoms with Gasteiger partial charge >= 0.3 is 5.97 Å². The van der Waals surface area contributed by atoms with Gasteiger partial charge in [-0.25, -0.2) is 14.2 Å². The standard InChI is InChI=1S/C25H19FN2O6S/c1-4-33-24(31)22-12(2)27-25(35-22)28-19(13-6-5-7-15(10-13)32-3)18-20(29)16-11-14(26)8-9-17(16)34-21(18)23(28)30/h5-11,19H,4H2,1-3H3. The molecule has 1 unspecified atom stereocenters. The number of halogens is 1. The van der Waals surface area contributed by atoms with Crippen LogP contribution in [0.2, 0.25) is 0 Å². The molecular formula is C25H19FN2O6S. The Morgan fingerprint density at radius 2 is 2.03 bits per heavy atom. The van der Waals surface area contributed by atoms with Crippen molar-refractivity contribution < 1.29 is 27.9 Å². The van der Waals surface area contributed by atoms with Crippen LogP contribution in [0, 0.1) is 12.7 Å². The van der Waals surface area contributed by atoms with E-state index in [4.69, 9.17) is 13.9 Å². The molecule has 10 heteroatoms. The molecule has 8 nitrogen and oxygen atoms in total. The van der Waals surface area contributed by atoms with Crippen LogP contribution in [-0.2, 0) is 4.74 Å². The first-order chi connectivity index (χ1) is 16.8. The van der Waals surface area contributed by atoms with E-state index >= 15 is 0 Å². The van der Waals surface area contributed by atoms with E-state index in [1.165, 1.54) is 18.1 Å². The Morgan fingerprint density at radius 1 is 1.23 bits per heavy atom. The number of aromatic nitrogens is 1. The molecule has 1 aliphatic heterocycles. The van der Waals surface area contributed by atoms with E-state index in [0.29, 0.717) is 17.0 Å². The zero-order valence-corrected chi connectivity index (χ0v) is 19.8. The lowest BCUT2D eigenvalue weighted by molar-refractivity contribution is 0.0531. The van der Waals surface area contributed by atoms with Gasteiger partial charge in [-0.05, 0) is 49.7 Å². The highest BCUT2D eigenvalue weighted by Gasteiger charge is 2.45. The average Bonchev–Trinajstić information content (AvgIpc) is 3.37. The Morgan fingerprint density at radius 3 is 2.77 bits per heavy atom. The van der Waals surface area contributed by atoms with Crippen molar-refractivity contribution in [3.8, 4) is 5.75 Å². The number of benzene rings is 2. The fourth-order valence-electron chi connectivity index (χ4n) is 4.14. The van der Waals surface area contributed by atoms with Crippen LogP contribution in [0.3, 0.4) is 0 Å². The van der Waals surface area contributed by atoms with Gasteiger partial charge < -0.3 is 13.9 Å². The van der Waals surface area contributed by atoms with Gasteiger partial charge in [-0.3, -0.25) is 14.5 Å². The summed E-state index contributed by atoms with van der Waals surface area (Å²) >= 11 is 0.985. The quantitative estimate of drug-likeness (QED) is 0.373. The summed E-state index contributed by atoms with van der Waals surface area (Å²) in [5.41, 5.74) is 0.584. The third-order valence-corrected chi connectivity index (χ3v) is 6.83. The van der Waals surface area contributed by atoms with Gasteiger partial charge in [0.2, 0.25) is 5.76 Å². The highest BCUT2D eigenvalue weighted by atomic mass is 32.1. The predicted molar refractivity (Wildman–Crippen MR) is 127 cm³/mol. The number of thiazole rings is 1. The molecule has 0 radical (unpaired) electrons. The fourth-order valence-corrected chi connectivity index (χ4v) is 5.13. The molecule has 0 bridgehead atoms. The number of hydrogen-bond donors (Lipinski definition) is 0. The van der Waals surface area contributed by atoms with Crippen LogP contribution in [0.5, 0.6) is 5.75 Å². The molecule has 35 heavy (non-hydrogen) atoms. The third-order valence-electron chi connectivity index (χ3n) is 5.69. The third kappa shape index (κ3) is 3.66. The first-order valence-electron chi connectivity index (χ1n) is 10.7. The zero-order chi connectivity index (χ0) is 24.9. The summed E-state index contributed by atoms with van der Waals surface area (Å²) in [6.07, 6.45) is 0. The smallest absolute Gasteiger partial charge is 0.350 e. The second-order valence-electron chi connectivity index (χ2n) is 7.80.